The number of ether oxygens (including phenoxy) is 3. The van der Waals surface area contributed by atoms with Gasteiger partial charge in [0.2, 0.25) is 11.8 Å². The van der Waals surface area contributed by atoms with Gasteiger partial charge in [0, 0.05) is 16.8 Å². The third-order valence-corrected chi connectivity index (χ3v) is 10.6. The maximum absolute atomic E-state index is 15.0. The van der Waals surface area contributed by atoms with Gasteiger partial charge in [-0.25, -0.2) is 0 Å². The Balaban J connectivity index is 1.38. The van der Waals surface area contributed by atoms with Crippen molar-refractivity contribution in [3.05, 3.63) is 161 Å². The van der Waals surface area contributed by atoms with Crippen LogP contribution in [0.1, 0.15) is 51.6 Å². The summed E-state index contributed by atoms with van der Waals surface area (Å²) in [6.07, 6.45) is -0.803. The minimum atomic E-state index is -1.71. The Labute approximate surface area is 312 Å². The Morgan fingerprint density at radius 2 is 1.48 bits per heavy atom. The van der Waals surface area contributed by atoms with Crippen LogP contribution in [0.5, 0.6) is 11.5 Å². The molecule has 54 heavy (non-hydrogen) atoms. The summed E-state index contributed by atoms with van der Waals surface area (Å²) in [7, 11) is 1.60. The van der Waals surface area contributed by atoms with Gasteiger partial charge in [0.1, 0.15) is 35.7 Å². The highest BCUT2D eigenvalue weighted by Gasteiger charge is 2.73. The number of esters is 1. The Bertz CT molecular complexity index is 2290. The van der Waals surface area contributed by atoms with E-state index in [1.807, 2.05) is 102 Å². The van der Waals surface area contributed by atoms with E-state index >= 15 is 0 Å². The van der Waals surface area contributed by atoms with E-state index in [1.165, 1.54) is 0 Å². The molecule has 8 rings (SSSR count). The molecule has 0 aromatic heterocycles. The average Bonchev–Trinajstić information content (AvgIpc) is 3.69. The molecule has 2 saturated heterocycles. The monoisotopic (exact) mass is 719 g/mol. The van der Waals surface area contributed by atoms with Gasteiger partial charge in [-0.15, -0.1) is 0 Å². The molecule has 3 heterocycles. The van der Waals surface area contributed by atoms with E-state index in [0.29, 0.717) is 33.9 Å². The molecule has 3 aliphatic heterocycles. The predicted molar refractivity (Wildman–Crippen MR) is 200 cm³/mol. The Kier molecular flexibility index (Phi) is 9.11. The number of nitrogens with one attached hydrogen (secondary N) is 1. The first-order valence-electron chi connectivity index (χ1n) is 17.7. The molecule has 3 aliphatic rings. The first kappa shape index (κ1) is 34.7. The number of aliphatic hydroxyl groups excluding tert-OH is 1. The zero-order valence-corrected chi connectivity index (χ0v) is 29.3. The van der Waals surface area contributed by atoms with Crippen molar-refractivity contribution in [1.82, 2.24) is 4.90 Å². The Hall–Kier alpha value is -6.41. The number of hydrogen-bond acceptors (Lipinski definition) is 8. The molecule has 2 fully saturated rings. The second-order valence-corrected chi connectivity index (χ2v) is 13.5. The topological polar surface area (TPSA) is 140 Å². The first-order chi connectivity index (χ1) is 26.3. The van der Waals surface area contributed by atoms with Gasteiger partial charge in [-0.1, -0.05) is 84.6 Å². The molecular weight excluding hydrogens is 682 g/mol. The van der Waals surface area contributed by atoms with E-state index in [4.69, 9.17) is 19.9 Å². The Morgan fingerprint density at radius 3 is 2.17 bits per heavy atom. The fraction of sp³-hybridized carbons (Fsp3) is 0.205. The second-order valence-electron chi connectivity index (χ2n) is 13.5. The molecule has 6 unspecified atom stereocenters. The van der Waals surface area contributed by atoms with Crippen LogP contribution in [0, 0.1) is 17.8 Å². The number of nitrogens with two attached hydrogens (primary N) is 1. The molecule has 0 bridgehead atoms. The summed E-state index contributed by atoms with van der Waals surface area (Å²) >= 11 is 0. The van der Waals surface area contributed by atoms with Crippen LogP contribution in [-0.4, -0.2) is 54.2 Å². The van der Waals surface area contributed by atoms with Crippen LogP contribution in [0.25, 0.3) is 0 Å². The summed E-state index contributed by atoms with van der Waals surface area (Å²) in [6, 6.07) is 36.2. The number of methoxy groups -OCH3 is 1. The highest BCUT2D eigenvalue weighted by Crippen LogP contribution is 2.64. The lowest BCUT2D eigenvalue weighted by Crippen LogP contribution is -2.53. The molecule has 4 N–H and O–H groups in total. The molecule has 10 nitrogen and oxygen atoms in total. The van der Waals surface area contributed by atoms with Crippen molar-refractivity contribution in [1.29, 1.82) is 0 Å². The molecular formula is C44H37N3O7. The number of amides is 2. The van der Waals surface area contributed by atoms with Crippen molar-refractivity contribution in [2.75, 3.05) is 25.6 Å². The van der Waals surface area contributed by atoms with Crippen LogP contribution in [0.2, 0.25) is 0 Å². The van der Waals surface area contributed by atoms with Crippen LogP contribution < -0.4 is 20.5 Å². The number of rotatable bonds is 8. The van der Waals surface area contributed by atoms with E-state index < -0.39 is 53.3 Å². The maximum atomic E-state index is 15.0. The van der Waals surface area contributed by atoms with Crippen LogP contribution in [0.4, 0.5) is 5.69 Å². The number of benzene rings is 5. The normalized spacial score (nSPS) is 24.1. The van der Waals surface area contributed by atoms with Gasteiger partial charge in [0.25, 0.3) is 0 Å². The van der Waals surface area contributed by atoms with E-state index in [9.17, 15) is 19.5 Å². The number of carbonyl (C=O) groups is 3. The zero-order chi connectivity index (χ0) is 37.4. The van der Waals surface area contributed by atoms with Crippen LogP contribution in [0.15, 0.2) is 127 Å². The standard InChI is InChI=1S/C44H37N3O7/c1-52-32-20-17-27(18-21-32)15-16-28-19-22-35-34(25-28)44(43(51)46-35)36(41(45)49)38-42(50)54-39(30-11-6-3-7-12-30)37(29-9-4-2-5-10-29)47(38)40(44)31-13-8-14-33(26-31)53-24-23-48/h2-14,17-22,25-26,36-40,48H,23-24H2,1H3,(H2,45,49)(H,46,51). The smallest absolute Gasteiger partial charge is 0.324 e. The molecule has 10 heteroatoms. The highest BCUT2D eigenvalue weighted by molar-refractivity contribution is 6.12. The van der Waals surface area contributed by atoms with Gasteiger partial charge in [-0.2, -0.15) is 0 Å². The Morgan fingerprint density at radius 1 is 0.815 bits per heavy atom. The average molecular weight is 720 g/mol. The van der Waals surface area contributed by atoms with Crippen molar-refractivity contribution in [3.8, 4) is 23.3 Å². The molecule has 2 amide bonds. The lowest BCUT2D eigenvalue weighted by Gasteiger charge is -2.46. The number of anilines is 1. The summed E-state index contributed by atoms with van der Waals surface area (Å²) in [5.41, 5.74) is 9.16. The van der Waals surface area contributed by atoms with Gasteiger partial charge in [0.05, 0.1) is 31.7 Å². The molecule has 1 spiro atoms. The number of cyclic esters (lactones) is 1. The molecule has 5 aromatic carbocycles. The third-order valence-electron chi connectivity index (χ3n) is 10.6. The van der Waals surface area contributed by atoms with Crippen molar-refractivity contribution in [3.63, 3.8) is 0 Å². The predicted octanol–water partition coefficient (Wildman–Crippen LogP) is 5.22. The summed E-state index contributed by atoms with van der Waals surface area (Å²) in [4.78, 5) is 45.6. The number of hydrogen-bond donors (Lipinski definition) is 3. The van der Waals surface area contributed by atoms with Gasteiger partial charge >= 0.3 is 5.97 Å². The van der Waals surface area contributed by atoms with E-state index in [0.717, 1.165) is 16.7 Å². The van der Waals surface area contributed by atoms with Crippen molar-refractivity contribution >= 4 is 23.5 Å². The highest BCUT2D eigenvalue weighted by atomic mass is 16.6. The van der Waals surface area contributed by atoms with Crippen molar-refractivity contribution < 1.29 is 33.7 Å². The zero-order valence-electron chi connectivity index (χ0n) is 29.3. The van der Waals surface area contributed by atoms with Gasteiger partial charge in [-0.05, 0) is 76.9 Å². The largest absolute Gasteiger partial charge is 0.497 e. The van der Waals surface area contributed by atoms with Gasteiger partial charge in [0.15, 0.2) is 0 Å². The minimum Gasteiger partial charge on any atom is -0.497 e. The number of fused-ring (bicyclic) bond motifs is 3. The van der Waals surface area contributed by atoms with Gasteiger partial charge < -0.3 is 30.4 Å². The summed E-state index contributed by atoms with van der Waals surface area (Å²) in [5.74, 6) is 4.25. The quantitative estimate of drug-likeness (QED) is 0.147. The minimum absolute atomic E-state index is 0.0457. The maximum Gasteiger partial charge on any atom is 0.324 e. The lowest BCUT2D eigenvalue weighted by molar-refractivity contribution is -0.178. The lowest BCUT2D eigenvalue weighted by atomic mass is 9.65. The van der Waals surface area contributed by atoms with Crippen LogP contribution in [-0.2, 0) is 24.5 Å². The summed E-state index contributed by atoms with van der Waals surface area (Å²) in [5, 5.41) is 12.6. The molecule has 6 atom stereocenters. The fourth-order valence-corrected chi connectivity index (χ4v) is 8.46. The third kappa shape index (κ3) is 5.75. The van der Waals surface area contributed by atoms with Crippen molar-refractivity contribution in [2.45, 2.75) is 29.6 Å². The second kappa shape index (κ2) is 14.2. The molecule has 0 saturated carbocycles. The number of carbonyl (C=O) groups excluding carboxylic acids is 3. The van der Waals surface area contributed by atoms with Crippen LogP contribution >= 0.6 is 0 Å². The van der Waals surface area contributed by atoms with Crippen LogP contribution in [0.3, 0.4) is 0 Å². The van der Waals surface area contributed by atoms with E-state index in [-0.39, 0.29) is 13.2 Å². The van der Waals surface area contributed by atoms with E-state index in [2.05, 4.69) is 17.2 Å². The molecule has 270 valence electrons. The first-order valence-corrected chi connectivity index (χ1v) is 17.7. The fourth-order valence-electron chi connectivity index (χ4n) is 8.46. The molecule has 0 radical (unpaired) electrons. The SMILES string of the molecule is COc1ccc(C#Cc2ccc3c(c2)C2(C(=O)N3)C(C(N)=O)C3C(=O)OC(c4ccccc4)C(c4ccccc4)N3C2c2cccc(OCCO)c2)cc1. The van der Waals surface area contributed by atoms with Gasteiger partial charge in [-0.3, -0.25) is 19.3 Å². The van der Waals surface area contributed by atoms with Crippen molar-refractivity contribution in [2.24, 2.45) is 11.7 Å². The summed E-state index contributed by atoms with van der Waals surface area (Å²) < 4.78 is 17.5. The van der Waals surface area contributed by atoms with E-state index in [1.54, 1.807) is 37.4 Å². The summed E-state index contributed by atoms with van der Waals surface area (Å²) in [6.45, 7) is -0.156. The number of nitrogens with zero attached hydrogens (tertiary/aromatic N) is 1. The number of morpholine rings is 1. The molecule has 0 aliphatic carbocycles. The molecule has 5 aromatic rings. The number of primary amides is 1. The number of aliphatic hydroxyl groups is 1.